The summed E-state index contributed by atoms with van der Waals surface area (Å²) in [6, 6.07) is 13.7. The first-order chi connectivity index (χ1) is 13.0. The summed E-state index contributed by atoms with van der Waals surface area (Å²) < 4.78 is 7.67. The molecule has 1 aromatic carbocycles. The Kier molecular flexibility index (Phi) is 5.86. The van der Waals surface area contributed by atoms with Gasteiger partial charge in [-0.3, -0.25) is 0 Å². The summed E-state index contributed by atoms with van der Waals surface area (Å²) in [6.07, 6.45) is 6.23. The predicted molar refractivity (Wildman–Crippen MR) is 105 cm³/mol. The van der Waals surface area contributed by atoms with Gasteiger partial charge in [-0.1, -0.05) is 30.3 Å². The number of ether oxygens (including phenoxy) is 1. The van der Waals surface area contributed by atoms with Gasteiger partial charge in [0.05, 0.1) is 11.9 Å². The quantitative estimate of drug-likeness (QED) is 0.601. The Labute approximate surface area is 159 Å². The van der Waals surface area contributed by atoms with Gasteiger partial charge in [0.1, 0.15) is 11.5 Å². The first-order valence-electron chi connectivity index (χ1n) is 8.90. The minimum atomic E-state index is -0.443. The Morgan fingerprint density at radius 1 is 1.15 bits per heavy atom. The van der Waals surface area contributed by atoms with E-state index in [1.807, 2.05) is 61.1 Å². The van der Waals surface area contributed by atoms with Crippen LogP contribution < -0.4 is 4.90 Å². The summed E-state index contributed by atoms with van der Waals surface area (Å²) in [5.41, 5.74) is 2.41. The third-order valence-electron chi connectivity index (χ3n) is 4.41. The van der Waals surface area contributed by atoms with E-state index < -0.39 is 12.1 Å². The van der Waals surface area contributed by atoms with Crippen molar-refractivity contribution in [1.82, 2.24) is 14.5 Å². The molecule has 0 fully saturated rings. The molecular weight excluding hydrogens is 340 g/mol. The standard InChI is InChI=1S/C21H24N4O2/c1-24(2)17-10-11-18(23-15-17)21(26)27-19(20-22-13-14-25(20)3)12-9-16-7-5-4-6-8-16/h4-8,10-11,13-15,19H,9,12H2,1-3H3/t19-/m1/s1. The highest BCUT2D eigenvalue weighted by atomic mass is 16.5. The van der Waals surface area contributed by atoms with Crippen molar-refractivity contribution in [2.45, 2.75) is 18.9 Å². The third kappa shape index (κ3) is 4.73. The fraction of sp³-hybridized carbons (Fsp3) is 0.286. The number of benzene rings is 1. The Morgan fingerprint density at radius 3 is 2.52 bits per heavy atom. The van der Waals surface area contributed by atoms with Crippen molar-refractivity contribution in [3.63, 3.8) is 0 Å². The van der Waals surface area contributed by atoms with Gasteiger partial charge in [-0.05, 0) is 30.5 Å². The molecule has 0 saturated carbocycles. The summed E-state index contributed by atoms with van der Waals surface area (Å²) in [6.45, 7) is 0. The van der Waals surface area contributed by atoms with E-state index in [0.29, 0.717) is 12.1 Å². The van der Waals surface area contributed by atoms with Crippen LogP contribution in [0.4, 0.5) is 5.69 Å². The van der Waals surface area contributed by atoms with E-state index in [-0.39, 0.29) is 0 Å². The molecular formula is C21H24N4O2. The molecule has 0 N–H and O–H groups in total. The van der Waals surface area contributed by atoms with E-state index >= 15 is 0 Å². The lowest BCUT2D eigenvalue weighted by Crippen LogP contribution is -2.17. The van der Waals surface area contributed by atoms with Crippen LogP contribution >= 0.6 is 0 Å². The SMILES string of the molecule is CN(C)c1ccc(C(=O)O[C@H](CCc2ccccc2)c2nccn2C)nc1. The minimum Gasteiger partial charge on any atom is -0.449 e. The van der Waals surface area contributed by atoms with Crippen LogP contribution in [0.2, 0.25) is 0 Å². The molecule has 2 heterocycles. The van der Waals surface area contributed by atoms with Crippen LogP contribution in [0.5, 0.6) is 0 Å². The lowest BCUT2D eigenvalue weighted by atomic mass is 10.1. The number of aromatic nitrogens is 3. The summed E-state index contributed by atoms with van der Waals surface area (Å²) in [4.78, 5) is 23.2. The molecule has 3 aromatic rings. The van der Waals surface area contributed by atoms with Crippen molar-refractivity contribution in [3.05, 3.63) is 78.1 Å². The maximum Gasteiger partial charge on any atom is 0.357 e. The van der Waals surface area contributed by atoms with Gasteiger partial charge in [0.25, 0.3) is 0 Å². The van der Waals surface area contributed by atoms with Gasteiger partial charge in [0, 0.05) is 33.5 Å². The van der Waals surface area contributed by atoms with Crippen molar-refractivity contribution < 1.29 is 9.53 Å². The largest absolute Gasteiger partial charge is 0.449 e. The molecule has 2 aromatic heterocycles. The van der Waals surface area contributed by atoms with E-state index in [4.69, 9.17) is 4.74 Å². The van der Waals surface area contributed by atoms with Gasteiger partial charge in [-0.25, -0.2) is 14.8 Å². The summed E-state index contributed by atoms with van der Waals surface area (Å²) in [7, 11) is 5.75. The van der Waals surface area contributed by atoms with Crippen molar-refractivity contribution in [2.75, 3.05) is 19.0 Å². The van der Waals surface area contributed by atoms with E-state index in [1.54, 1.807) is 18.5 Å². The molecule has 0 saturated heterocycles. The first-order valence-corrected chi connectivity index (χ1v) is 8.90. The number of imidazole rings is 1. The van der Waals surface area contributed by atoms with Gasteiger partial charge in [0.2, 0.25) is 0 Å². The second-order valence-electron chi connectivity index (χ2n) is 6.61. The molecule has 6 heteroatoms. The van der Waals surface area contributed by atoms with Crippen LogP contribution in [-0.2, 0) is 18.2 Å². The molecule has 3 rings (SSSR count). The zero-order valence-corrected chi connectivity index (χ0v) is 15.9. The van der Waals surface area contributed by atoms with Crippen molar-refractivity contribution in [1.29, 1.82) is 0 Å². The number of carbonyl (C=O) groups is 1. The van der Waals surface area contributed by atoms with Crippen molar-refractivity contribution >= 4 is 11.7 Å². The van der Waals surface area contributed by atoms with Gasteiger partial charge in [-0.2, -0.15) is 0 Å². The molecule has 0 bridgehead atoms. The van der Waals surface area contributed by atoms with E-state index in [9.17, 15) is 4.79 Å². The fourth-order valence-corrected chi connectivity index (χ4v) is 2.83. The Hall–Kier alpha value is -3.15. The van der Waals surface area contributed by atoms with E-state index in [1.165, 1.54) is 5.56 Å². The Bertz CT molecular complexity index is 873. The molecule has 6 nitrogen and oxygen atoms in total. The van der Waals surface area contributed by atoms with Crippen molar-refractivity contribution in [2.24, 2.45) is 7.05 Å². The number of esters is 1. The second kappa shape index (κ2) is 8.49. The number of anilines is 1. The predicted octanol–water partition coefficient (Wildman–Crippen LogP) is 3.41. The molecule has 27 heavy (non-hydrogen) atoms. The molecule has 0 aliphatic carbocycles. The number of aryl methyl sites for hydroxylation is 2. The summed E-state index contributed by atoms with van der Waals surface area (Å²) in [5.74, 6) is 0.283. The lowest BCUT2D eigenvalue weighted by molar-refractivity contribution is 0.0243. The number of hydrogen-bond acceptors (Lipinski definition) is 5. The van der Waals surface area contributed by atoms with Gasteiger partial charge < -0.3 is 14.2 Å². The highest BCUT2D eigenvalue weighted by Gasteiger charge is 2.22. The molecule has 0 radical (unpaired) electrons. The number of hydrogen-bond donors (Lipinski definition) is 0. The maximum atomic E-state index is 12.6. The van der Waals surface area contributed by atoms with Gasteiger partial charge in [-0.15, -0.1) is 0 Å². The fourth-order valence-electron chi connectivity index (χ4n) is 2.83. The van der Waals surface area contributed by atoms with Crippen LogP contribution in [0, 0.1) is 0 Å². The Morgan fingerprint density at radius 2 is 1.93 bits per heavy atom. The molecule has 1 atom stereocenters. The highest BCUT2D eigenvalue weighted by molar-refractivity contribution is 5.87. The molecule has 0 aliphatic rings. The molecule has 0 unspecified atom stereocenters. The molecule has 0 spiro atoms. The topological polar surface area (TPSA) is 60.3 Å². The molecule has 0 amide bonds. The first kappa shape index (κ1) is 18.6. The zero-order chi connectivity index (χ0) is 19.2. The zero-order valence-electron chi connectivity index (χ0n) is 15.9. The maximum absolute atomic E-state index is 12.6. The number of pyridine rings is 1. The van der Waals surface area contributed by atoms with Gasteiger partial charge in [0.15, 0.2) is 6.10 Å². The normalized spacial score (nSPS) is 11.8. The third-order valence-corrected chi connectivity index (χ3v) is 4.41. The average molecular weight is 364 g/mol. The van der Waals surface area contributed by atoms with E-state index in [0.717, 1.165) is 17.9 Å². The monoisotopic (exact) mass is 364 g/mol. The number of rotatable bonds is 7. The highest BCUT2D eigenvalue weighted by Crippen LogP contribution is 2.23. The van der Waals surface area contributed by atoms with Crippen LogP contribution in [0.15, 0.2) is 61.1 Å². The van der Waals surface area contributed by atoms with Crippen molar-refractivity contribution in [3.8, 4) is 0 Å². The van der Waals surface area contributed by atoms with E-state index in [2.05, 4.69) is 22.1 Å². The van der Waals surface area contributed by atoms with Crippen LogP contribution in [-0.4, -0.2) is 34.6 Å². The second-order valence-corrected chi connectivity index (χ2v) is 6.61. The van der Waals surface area contributed by atoms with Gasteiger partial charge >= 0.3 is 5.97 Å². The Balaban J connectivity index is 1.74. The van der Waals surface area contributed by atoms with Crippen LogP contribution in [0.1, 0.15) is 34.4 Å². The smallest absolute Gasteiger partial charge is 0.357 e. The average Bonchev–Trinajstić information content (AvgIpc) is 3.11. The molecule has 140 valence electrons. The number of carbonyl (C=O) groups excluding carboxylic acids is 1. The minimum absolute atomic E-state index is 0.291. The number of nitrogens with zero attached hydrogens (tertiary/aromatic N) is 4. The lowest BCUT2D eigenvalue weighted by Gasteiger charge is -2.18. The summed E-state index contributed by atoms with van der Waals surface area (Å²) in [5, 5.41) is 0. The molecule has 0 aliphatic heterocycles. The summed E-state index contributed by atoms with van der Waals surface area (Å²) >= 11 is 0. The van der Waals surface area contributed by atoms with Crippen LogP contribution in [0.25, 0.3) is 0 Å². The van der Waals surface area contributed by atoms with Crippen LogP contribution in [0.3, 0.4) is 0 Å².